The molecule has 1 atom stereocenters. The molecule has 3 aromatic rings. The van der Waals surface area contributed by atoms with E-state index in [0.29, 0.717) is 23.6 Å². The van der Waals surface area contributed by atoms with E-state index in [2.05, 4.69) is 26.2 Å². The predicted octanol–water partition coefficient (Wildman–Crippen LogP) is 3.34. The number of amides is 2. The van der Waals surface area contributed by atoms with E-state index in [9.17, 15) is 14.0 Å². The number of anilines is 1. The summed E-state index contributed by atoms with van der Waals surface area (Å²) in [5, 5.41) is 17.2. The number of tetrazole rings is 1. The Morgan fingerprint density at radius 2 is 1.94 bits per heavy atom. The number of hydrogen-bond donors (Lipinski definition) is 2. The highest BCUT2D eigenvalue weighted by Gasteiger charge is 2.25. The molecule has 1 aromatic heterocycles. The third-order valence-electron chi connectivity index (χ3n) is 4.61. The van der Waals surface area contributed by atoms with E-state index in [4.69, 9.17) is 11.6 Å². The highest BCUT2D eigenvalue weighted by Crippen LogP contribution is 2.23. The summed E-state index contributed by atoms with van der Waals surface area (Å²) in [6.07, 6.45) is 1.06. The van der Waals surface area contributed by atoms with Crippen LogP contribution < -0.4 is 10.6 Å². The van der Waals surface area contributed by atoms with Crippen molar-refractivity contribution in [1.29, 1.82) is 0 Å². The summed E-state index contributed by atoms with van der Waals surface area (Å²) in [6, 6.07) is 9.78. The van der Waals surface area contributed by atoms with Gasteiger partial charge in [-0.3, -0.25) is 9.59 Å². The number of benzene rings is 2. The van der Waals surface area contributed by atoms with Gasteiger partial charge in [0.25, 0.3) is 5.91 Å². The number of carbonyl (C=O) groups is 2. The number of nitrogens with one attached hydrogen (secondary N) is 2. The quantitative estimate of drug-likeness (QED) is 0.554. The lowest BCUT2D eigenvalue weighted by Gasteiger charge is -2.18. The molecule has 2 N–H and O–H groups in total. The lowest BCUT2D eigenvalue weighted by atomic mass is 10.0. The van der Waals surface area contributed by atoms with Gasteiger partial charge in [-0.25, -0.2) is 9.07 Å². The highest BCUT2D eigenvalue weighted by molar-refractivity contribution is 6.34. The Morgan fingerprint density at radius 3 is 2.55 bits per heavy atom. The first-order valence-electron chi connectivity index (χ1n) is 9.76. The van der Waals surface area contributed by atoms with Crippen molar-refractivity contribution in [2.75, 3.05) is 11.9 Å². The molecule has 3 rings (SSSR count). The second-order valence-electron chi connectivity index (χ2n) is 6.96. The van der Waals surface area contributed by atoms with Gasteiger partial charge in [0.05, 0.1) is 10.6 Å². The van der Waals surface area contributed by atoms with Gasteiger partial charge in [0, 0.05) is 18.7 Å². The molecule has 2 aromatic carbocycles. The Kier molecular flexibility index (Phi) is 7.30. The second kappa shape index (κ2) is 10.1. The normalized spacial score (nSPS) is 11.7. The third-order valence-corrected chi connectivity index (χ3v) is 4.93. The van der Waals surface area contributed by atoms with E-state index in [0.717, 1.165) is 12.0 Å². The zero-order valence-electron chi connectivity index (χ0n) is 17.1. The van der Waals surface area contributed by atoms with Crippen LogP contribution in [-0.2, 0) is 11.2 Å². The molecule has 31 heavy (non-hydrogen) atoms. The Labute approximate surface area is 183 Å². The molecule has 8 nitrogen and oxygen atoms in total. The molecule has 0 saturated heterocycles. The minimum atomic E-state index is -0.772. The first kappa shape index (κ1) is 22.4. The standard InChI is InChI=1S/C21H22ClFN6O2/c1-3-10-24-20(30)17-9-8-16(12-18(17)22)25-21(31)19(29-13(2)26-27-28-29)11-14-4-6-15(23)7-5-14/h4-9,12,19H,3,10-11H2,1-2H3,(H,24,30)(H,25,31). The molecule has 162 valence electrons. The SMILES string of the molecule is CCCNC(=O)c1ccc(NC(=O)C(Cc2ccc(F)cc2)n2nnnc2C)cc1Cl. The van der Waals surface area contributed by atoms with Crippen LogP contribution in [0, 0.1) is 12.7 Å². The van der Waals surface area contributed by atoms with Crippen molar-refractivity contribution in [2.45, 2.75) is 32.7 Å². The molecule has 0 aliphatic heterocycles. The Morgan fingerprint density at radius 1 is 1.19 bits per heavy atom. The molecule has 0 saturated carbocycles. The number of carbonyl (C=O) groups excluding carboxylic acids is 2. The molecular formula is C21H22ClFN6O2. The van der Waals surface area contributed by atoms with Gasteiger partial charge in [-0.2, -0.15) is 0 Å². The minimum absolute atomic E-state index is 0.222. The molecule has 1 unspecified atom stereocenters. The van der Waals surface area contributed by atoms with Crippen molar-refractivity contribution >= 4 is 29.1 Å². The maximum atomic E-state index is 13.2. The Hall–Kier alpha value is -3.33. The van der Waals surface area contributed by atoms with Gasteiger partial charge in [0.1, 0.15) is 17.7 Å². The first-order valence-corrected chi connectivity index (χ1v) is 10.1. The smallest absolute Gasteiger partial charge is 0.252 e. The molecule has 10 heteroatoms. The molecule has 0 aliphatic rings. The van der Waals surface area contributed by atoms with Gasteiger partial charge < -0.3 is 10.6 Å². The Balaban J connectivity index is 1.80. The number of halogens is 2. The van der Waals surface area contributed by atoms with E-state index in [1.54, 1.807) is 31.2 Å². The minimum Gasteiger partial charge on any atom is -0.352 e. The van der Waals surface area contributed by atoms with Crippen LogP contribution in [0.15, 0.2) is 42.5 Å². The molecule has 0 radical (unpaired) electrons. The number of hydrogen-bond acceptors (Lipinski definition) is 5. The topological polar surface area (TPSA) is 102 Å². The molecule has 0 spiro atoms. The van der Waals surface area contributed by atoms with Gasteiger partial charge in [0.2, 0.25) is 5.91 Å². The average molecular weight is 445 g/mol. The Bertz CT molecular complexity index is 1070. The lowest BCUT2D eigenvalue weighted by molar-refractivity contribution is -0.119. The zero-order valence-corrected chi connectivity index (χ0v) is 17.9. The van der Waals surface area contributed by atoms with Gasteiger partial charge in [-0.15, -0.1) is 5.10 Å². The van der Waals surface area contributed by atoms with Crippen LogP contribution in [-0.4, -0.2) is 38.6 Å². The molecule has 0 bridgehead atoms. The lowest BCUT2D eigenvalue weighted by Crippen LogP contribution is -2.29. The summed E-state index contributed by atoms with van der Waals surface area (Å²) in [7, 11) is 0. The van der Waals surface area contributed by atoms with Crippen LogP contribution >= 0.6 is 11.6 Å². The maximum absolute atomic E-state index is 13.2. The number of aryl methyl sites for hydroxylation is 1. The first-order chi connectivity index (χ1) is 14.9. The summed E-state index contributed by atoms with van der Waals surface area (Å²) in [5.41, 5.74) is 1.50. The van der Waals surface area contributed by atoms with Crippen molar-refractivity contribution in [3.8, 4) is 0 Å². The van der Waals surface area contributed by atoms with Crippen molar-refractivity contribution in [1.82, 2.24) is 25.5 Å². The second-order valence-corrected chi connectivity index (χ2v) is 7.36. The van der Waals surface area contributed by atoms with Gasteiger partial charge in [0.15, 0.2) is 0 Å². The monoisotopic (exact) mass is 444 g/mol. The van der Waals surface area contributed by atoms with E-state index in [1.165, 1.54) is 22.9 Å². The molecular weight excluding hydrogens is 423 g/mol. The largest absolute Gasteiger partial charge is 0.352 e. The van der Waals surface area contributed by atoms with Crippen LogP contribution in [0.3, 0.4) is 0 Å². The fourth-order valence-corrected chi connectivity index (χ4v) is 3.26. The number of nitrogens with zero attached hydrogens (tertiary/aromatic N) is 4. The van der Waals surface area contributed by atoms with Gasteiger partial charge >= 0.3 is 0 Å². The van der Waals surface area contributed by atoms with E-state index in [1.807, 2.05) is 6.92 Å². The fraction of sp³-hybridized carbons (Fsp3) is 0.286. The van der Waals surface area contributed by atoms with E-state index < -0.39 is 6.04 Å². The number of aromatic nitrogens is 4. The van der Waals surface area contributed by atoms with E-state index in [-0.39, 0.29) is 29.1 Å². The summed E-state index contributed by atoms with van der Waals surface area (Å²) in [4.78, 5) is 25.2. The summed E-state index contributed by atoms with van der Waals surface area (Å²) >= 11 is 6.25. The summed E-state index contributed by atoms with van der Waals surface area (Å²) in [6.45, 7) is 4.19. The van der Waals surface area contributed by atoms with Crippen LogP contribution in [0.2, 0.25) is 5.02 Å². The van der Waals surface area contributed by atoms with Crippen molar-refractivity contribution in [2.24, 2.45) is 0 Å². The molecule has 2 amide bonds. The predicted molar refractivity (Wildman–Crippen MR) is 114 cm³/mol. The summed E-state index contributed by atoms with van der Waals surface area (Å²) < 4.78 is 14.7. The van der Waals surface area contributed by atoms with Crippen molar-refractivity contribution in [3.05, 3.63) is 70.3 Å². The van der Waals surface area contributed by atoms with Gasteiger partial charge in [-0.05, 0) is 59.7 Å². The fourth-order valence-electron chi connectivity index (χ4n) is 3.00. The average Bonchev–Trinajstić information content (AvgIpc) is 3.17. The summed E-state index contributed by atoms with van der Waals surface area (Å²) in [5.74, 6) is -0.550. The zero-order chi connectivity index (χ0) is 22.4. The van der Waals surface area contributed by atoms with Crippen LogP contribution in [0.25, 0.3) is 0 Å². The van der Waals surface area contributed by atoms with Gasteiger partial charge in [-0.1, -0.05) is 30.7 Å². The van der Waals surface area contributed by atoms with Crippen molar-refractivity contribution < 1.29 is 14.0 Å². The highest BCUT2D eigenvalue weighted by atomic mass is 35.5. The van der Waals surface area contributed by atoms with Crippen LogP contribution in [0.5, 0.6) is 0 Å². The van der Waals surface area contributed by atoms with E-state index >= 15 is 0 Å². The van der Waals surface area contributed by atoms with Crippen LogP contribution in [0.1, 0.15) is 41.1 Å². The molecule has 0 aliphatic carbocycles. The third kappa shape index (κ3) is 5.64. The van der Waals surface area contributed by atoms with Crippen LogP contribution in [0.4, 0.5) is 10.1 Å². The van der Waals surface area contributed by atoms with Crippen molar-refractivity contribution in [3.63, 3.8) is 0 Å². The number of rotatable bonds is 8. The molecule has 0 fully saturated rings. The maximum Gasteiger partial charge on any atom is 0.252 e. The molecule has 1 heterocycles.